The molecule has 1 heterocycles. The number of nitrogens with zero attached hydrogens (tertiary/aromatic N) is 2. The predicted molar refractivity (Wildman–Crippen MR) is 96.7 cm³/mol. The highest BCUT2D eigenvalue weighted by Gasteiger charge is 2.15. The SMILES string of the molecule is CCN(CC(O)c1ccc(C)cc1)C(=O)/C=C/c1ccc(Cl)nc1. The third kappa shape index (κ3) is 5.18. The fraction of sp³-hybridized carbons (Fsp3) is 0.263. The van der Waals surface area contributed by atoms with Gasteiger partial charge in [-0.1, -0.05) is 47.5 Å². The normalized spacial score (nSPS) is 12.3. The van der Waals surface area contributed by atoms with Gasteiger partial charge >= 0.3 is 0 Å². The van der Waals surface area contributed by atoms with Gasteiger partial charge in [-0.25, -0.2) is 4.98 Å². The number of hydrogen-bond acceptors (Lipinski definition) is 3. The van der Waals surface area contributed by atoms with Crippen LogP contribution in [-0.2, 0) is 4.79 Å². The van der Waals surface area contributed by atoms with Gasteiger partial charge in [-0.2, -0.15) is 0 Å². The standard InChI is InChI=1S/C19H21ClN2O2/c1-3-22(13-17(23)16-8-4-14(2)5-9-16)19(24)11-7-15-6-10-18(20)21-12-15/h4-12,17,23H,3,13H2,1-2H3/b11-7+. The van der Waals surface area contributed by atoms with E-state index in [-0.39, 0.29) is 12.5 Å². The second kappa shape index (κ2) is 8.62. The van der Waals surface area contributed by atoms with E-state index in [1.807, 2.05) is 38.1 Å². The summed E-state index contributed by atoms with van der Waals surface area (Å²) in [6.45, 7) is 4.65. The molecule has 0 saturated carbocycles. The highest BCUT2D eigenvalue weighted by molar-refractivity contribution is 6.29. The summed E-state index contributed by atoms with van der Waals surface area (Å²) >= 11 is 5.73. The molecule has 0 aliphatic heterocycles. The first-order chi connectivity index (χ1) is 11.5. The third-order valence-electron chi connectivity index (χ3n) is 3.72. The molecule has 0 radical (unpaired) electrons. The Bertz CT molecular complexity index is 696. The molecule has 2 aromatic rings. The Labute approximate surface area is 147 Å². The van der Waals surface area contributed by atoms with Crippen molar-refractivity contribution in [3.05, 3.63) is 70.5 Å². The van der Waals surface area contributed by atoms with E-state index in [1.165, 1.54) is 6.08 Å². The van der Waals surface area contributed by atoms with Crippen molar-refractivity contribution in [3.63, 3.8) is 0 Å². The van der Waals surface area contributed by atoms with E-state index < -0.39 is 6.10 Å². The lowest BCUT2D eigenvalue weighted by Crippen LogP contribution is -2.33. The van der Waals surface area contributed by atoms with Gasteiger partial charge in [-0.05, 0) is 37.1 Å². The van der Waals surface area contributed by atoms with Crippen molar-refractivity contribution in [1.29, 1.82) is 0 Å². The lowest BCUT2D eigenvalue weighted by Gasteiger charge is -2.23. The van der Waals surface area contributed by atoms with Gasteiger partial charge in [0.05, 0.1) is 12.6 Å². The monoisotopic (exact) mass is 344 g/mol. The van der Waals surface area contributed by atoms with Gasteiger partial charge in [0.25, 0.3) is 0 Å². The number of halogens is 1. The molecule has 0 aliphatic carbocycles. The van der Waals surface area contributed by atoms with E-state index in [1.54, 1.807) is 29.3 Å². The number of carbonyl (C=O) groups is 1. The molecule has 0 aliphatic rings. The Morgan fingerprint density at radius 2 is 2.00 bits per heavy atom. The number of rotatable bonds is 6. The fourth-order valence-electron chi connectivity index (χ4n) is 2.24. The average molecular weight is 345 g/mol. The van der Waals surface area contributed by atoms with Crippen LogP contribution in [0.25, 0.3) is 6.08 Å². The maximum atomic E-state index is 12.3. The summed E-state index contributed by atoms with van der Waals surface area (Å²) in [6.07, 6.45) is 4.06. The molecule has 1 amide bonds. The molecular weight excluding hydrogens is 324 g/mol. The van der Waals surface area contributed by atoms with Gasteiger partial charge in [-0.15, -0.1) is 0 Å². The van der Waals surface area contributed by atoms with Crippen molar-refractivity contribution < 1.29 is 9.90 Å². The zero-order chi connectivity index (χ0) is 17.5. The largest absolute Gasteiger partial charge is 0.387 e. The number of pyridine rings is 1. The Morgan fingerprint density at radius 3 is 2.58 bits per heavy atom. The summed E-state index contributed by atoms with van der Waals surface area (Å²) in [5.74, 6) is -0.154. The molecule has 5 heteroatoms. The van der Waals surface area contributed by atoms with Crippen LogP contribution in [0.15, 0.2) is 48.7 Å². The van der Waals surface area contributed by atoms with Crippen LogP contribution in [0.1, 0.15) is 29.7 Å². The van der Waals surface area contributed by atoms with Crippen LogP contribution in [0.3, 0.4) is 0 Å². The fourth-order valence-corrected chi connectivity index (χ4v) is 2.35. The number of aliphatic hydroxyl groups excluding tert-OH is 1. The second-order valence-electron chi connectivity index (χ2n) is 5.55. The first-order valence-corrected chi connectivity index (χ1v) is 8.20. The average Bonchev–Trinajstić information content (AvgIpc) is 2.59. The molecule has 24 heavy (non-hydrogen) atoms. The summed E-state index contributed by atoms with van der Waals surface area (Å²) in [5.41, 5.74) is 2.73. The van der Waals surface area contributed by atoms with Gasteiger partial charge in [0.2, 0.25) is 5.91 Å². The maximum absolute atomic E-state index is 12.3. The van der Waals surface area contributed by atoms with Crippen molar-refractivity contribution in [2.45, 2.75) is 20.0 Å². The number of benzene rings is 1. The Hall–Kier alpha value is -2.17. The highest BCUT2D eigenvalue weighted by Crippen LogP contribution is 2.15. The number of aryl methyl sites for hydroxylation is 1. The number of likely N-dealkylation sites (N-methyl/N-ethyl adjacent to an activating group) is 1. The maximum Gasteiger partial charge on any atom is 0.246 e. The van der Waals surface area contributed by atoms with E-state index in [4.69, 9.17) is 11.6 Å². The van der Waals surface area contributed by atoms with Crippen LogP contribution in [0.5, 0.6) is 0 Å². The van der Waals surface area contributed by atoms with Crippen LogP contribution in [0.4, 0.5) is 0 Å². The minimum Gasteiger partial charge on any atom is -0.387 e. The van der Waals surface area contributed by atoms with Gasteiger partial charge in [0.1, 0.15) is 5.15 Å². The Kier molecular flexibility index (Phi) is 6.53. The van der Waals surface area contributed by atoms with Crippen LogP contribution in [0, 0.1) is 6.92 Å². The molecular formula is C19H21ClN2O2. The second-order valence-corrected chi connectivity index (χ2v) is 5.94. The van der Waals surface area contributed by atoms with Gasteiger partial charge in [0.15, 0.2) is 0 Å². The zero-order valence-corrected chi connectivity index (χ0v) is 14.6. The quantitative estimate of drug-likeness (QED) is 0.643. The molecule has 0 bridgehead atoms. The molecule has 1 aromatic carbocycles. The first kappa shape index (κ1) is 18.2. The Balaban J connectivity index is 2.00. The summed E-state index contributed by atoms with van der Waals surface area (Å²) in [6, 6.07) is 11.1. The van der Waals surface area contributed by atoms with Crippen molar-refractivity contribution in [1.82, 2.24) is 9.88 Å². The first-order valence-electron chi connectivity index (χ1n) is 7.82. The van der Waals surface area contributed by atoms with Gasteiger partial charge in [0, 0.05) is 18.8 Å². The van der Waals surface area contributed by atoms with Crippen molar-refractivity contribution in [3.8, 4) is 0 Å². The van der Waals surface area contributed by atoms with E-state index in [9.17, 15) is 9.90 Å². The summed E-state index contributed by atoms with van der Waals surface area (Å²) < 4.78 is 0. The van der Waals surface area contributed by atoms with E-state index >= 15 is 0 Å². The molecule has 1 aromatic heterocycles. The summed E-state index contributed by atoms with van der Waals surface area (Å²) in [5, 5.41) is 10.7. The summed E-state index contributed by atoms with van der Waals surface area (Å²) in [4.78, 5) is 17.9. The van der Waals surface area contributed by atoms with Crippen LogP contribution in [-0.4, -0.2) is 34.0 Å². The van der Waals surface area contributed by atoms with Crippen molar-refractivity contribution >= 4 is 23.6 Å². The van der Waals surface area contributed by atoms with Gasteiger partial charge < -0.3 is 10.0 Å². The van der Waals surface area contributed by atoms with Crippen LogP contribution < -0.4 is 0 Å². The molecule has 1 atom stereocenters. The Morgan fingerprint density at radius 1 is 1.29 bits per heavy atom. The van der Waals surface area contributed by atoms with Gasteiger partial charge in [-0.3, -0.25) is 4.79 Å². The van der Waals surface area contributed by atoms with Crippen LogP contribution >= 0.6 is 11.6 Å². The molecule has 0 fully saturated rings. The van der Waals surface area contributed by atoms with E-state index in [2.05, 4.69) is 4.98 Å². The van der Waals surface area contributed by atoms with Crippen molar-refractivity contribution in [2.24, 2.45) is 0 Å². The molecule has 126 valence electrons. The molecule has 4 nitrogen and oxygen atoms in total. The molecule has 1 unspecified atom stereocenters. The number of carbonyl (C=O) groups excluding carboxylic acids is 1. The molecule has 1 N–H and O–H groups in total. The summed E-state index contributed by atoms with van der Waals surface area (Å²) in [7, 11) is 0. The lowest BCUT2D eigenvalue weighted by atomic mass is 10.1. The van der Waals surface area contributed by atoms with E-state index in [0.29, 0.717) is 11.7 Å². The topological polar surface area (TPSA) is 53.4 Å². The lowest BCUT2D eigenvalue weighted by molar-refractivity contribution is -0.127. The smallest absolute Gasteiger partial charge is 0.246 e. The molecule has 0 spiro atoms. The number of aliphatic hydroxyl groups is 1. The minimum absolute atomic E-state index is 0.154. The molecule has 2 rings (SSSR count). The minimum atomic E-state index is -0.708. The third-order valence-corrected chi connectivity index (χ3v) is 3.94. The highest BCUT2D eigenvalue weighted by atomic mass is 35.5. The number of hydrogen-bond donors (Lipinski definition) is 1. The van der Waals surface area contributed by atoms with Crippen LogP contribution in [0.2, 0.25) is 5.15 Å². The van der Waals surface area contributed by atoms with Crippen molar-refractivity contribution in [2.75, 3.05) is 13.1 Å². The predicted octanol–water partition coefficient (Wildman–Crippen LogP) is 3.64. The molecule has 0 saturated heterocycles. The zero-order valence-electron chi connectivity index (χ0n) is 13.8. The van der Waals surface area contributed by atoms with E-state index in [0.717, 1.165) is 16.7 Å². The number of aromatic nitrogens is 1. The number of amides is 1.